The summed E-state index contributed by atoms with van der Waals surface area (Å²) in [6, 6.07) is 5.49. The van der Waals surface area contributed by atoms with Crippen LogP contribution >= 0.6 is 23.8 Å². The van der Waals surface area contributed by atoms with Crippen molar-refractivity contribution in [2.75, 3.05) is 18.5 Å². The monoisotopic (exact) mass is 259 g/mol. The Morgan fingerprint density at radius 3 is 2.94 bits per heavy atom. The second kappa shape index (κ2) is 6.00. The SMILES string of the molecule is Cc1c(Cl)cccc1NC(=S)N(N)CCO. The van der Waals surface area contributed by atoms with E-state index in [4.69, 9.17) is 34.8 Å². The molecular weight excluding hydrogens is 246 g/mol. The van der Waals surface area contributed by atoms with Gasteiger partial charge >= 0.3 is 0 Å². The van der Waals surface area contributed by atoms with Crippen molar-refractivity contribution < 1.29 is 5.11 Å². The predicted molar refractivity (Wildman–Crippen MR) is 70.4 cm³/mol. The molecule has 1 aromatic carbocycles. The average molecular weight is 260 g/mol. The summed E-state index contributed by atoms with van der Waals surface area (Å²) in [5.74, 6) is 5.60. The van der Waals surface area contributed by atoms with Gasteiger partial charge in [-0.3, -0.25) is 5.01 Å². The maximum absolute atomic E-state index is 8.72. The van der Waals surface area contributed by atoms with E-state index in [9.17, 15) is 0 Å². The van der Waals surface area contributed by atoms with Crippen LogP contribution in [0, 0.1) is 6.92 Å². The fourth-order valence-corrected chi connectivity index (χ4v) is 1.51. The van der Waals surface area contributed by atoms with Gasteiger partial charge in [-0.1, -0.05) is 17.7 Å². The summed E-state index contributed by atoms with van der Waals surface area (Å²) >= 11 is 11.0. The van der Waals surface area contributed by atoms with E-state index in [0.29, 0.717) is 10.1 Å². The largest absolute Gasteiger partial charge is 0.394 e. The van der Waals surface area contributed by atoms with Gasteiger partial charge in [0.15, 0.2) is 5.11 Å². The maximum Gasteiger partial charge on any atom is 0.187 e. The van der Waals surface area contributed by atoms with Gasteiger partial charge in [-0.05, 0) is 36.8 Å². The number of rotatable bonds is 3. The van der Waals surface area contributed by atoms with Gasteiger partial charge in [-0.15, -0.1) is 0 Å². The number of hydrogen-bond donors (Lipinski definition) is 3. The van der Waals surface area contributed by atoms with E-state index in [0.717, 1.165) is 11.3 Å². The van der Waals surface area contributed by atoms with E-state index in [2.05, 4.69) is 5.32 Å². The molecule has 1 aromatic rings. The third-order valence-electron chi connectivity index (χ3n) is 2.11. The van der Waals surface area contributed by atoms with Gasteiger partial charge in [0.2, 0.25) is 0 Å². The van der Waals surface area contributed by atoms with Crippen LogP contribution in [0.3, 0.4) is 0 Å². The number of halogens is 1. The first-order chi connectivity index (χ1) is 7.56. The van der Waals surface area contributed by atoms with Gasteiger partial charge in [0.05, 0.1) is 13.2 Å². The third kappa shape index (κ3) is 3.31. The molecule has 0 atom stereocenters. The van der Waals surface area contributed by atoms with Crippen molar-refractivity contribution in [3.05, 3.63) is 28.8 Å². The van der Waals surface area contributed by atoms with Crippen LogP contribution in [0.25, 0.3) is 0 Å². The number of aliphatic hydroxyl groups excluding tert-OH is 1. The summed E-state index contributed by atoms with van der Waals surface area (Å²) in [6.07, 6.45) is 0. The maximum atomic E-state index is 8.72. The van der Waals surface area contributed by atoms with E-state index in [1.807, 2.05) is 19.1 Å². The normalized spacial score (nSPS) is 10.0. The second-order valence-corrected chi connectivity index (χ2v) is 4.05. The Morgan fingerprint density at radius 1 is 1.62 bits per heavy atom. The van der Waals surface area contributed by atoms with Crippen LogP contribution in [-0.4, -0.2) is 28.4 Å². The van der Waals surface area contributed by atoms with Crippen LogP contribution in [0.5, 0.6) is 0 Å². The van der Waals surface area contributed by atoms with Gasteiger partial charge in [0.25, 0.3) is 0 Å². The fraction of sp³-hybridized carbons (Fsp3) is 0.300. The molecule has 4 nitrogen and oxygen atoms in total. The Balaban J connectivity index is 2.73. The molecule has 0 heterocycles. The first-order valence-corrected chi connectivity index (χ1v) is 5.54. The first kappa shape index (κ1) is 13.2. The minimum Gasteiger partial charge on any atom is -0.394 e. The molecule has 0 amide bonds. The average Bonchev–Trinajstić information content (AvgIpc) is 2.25. The Kier molecular flexibility index (Phi) is 4.95. The standard InChI is InChI=1S/C10H14ClN3OS/c1-7-8(11)3-2-4-9(7)13-10(16)14(12)5-6-15/h2-4,15H,5-6,12H2,1H3,(H,13,16). The van der Waals surface area contributed by atoms with E-state index >= 15 is 0 Å². The number of nitrogens with zero attached hydrogens (tertiary/aromatic N) is 1. The molecule has 16 heavy (non-hydrogen) atoms. The lowest BCUT2D eigenvalue weighted by molar-refractivity contribution is 0.253. The molecule has 88 valence electrons. The number of hydrogen-bond acceptors (Lipinski definition) is 3. The van der Waals surface area contributed by atoms with E-state index < -0.39 is 0 Å². The molecule has 0 spiro atoms. The predicted octanol–water partition coefficient (Wildman–Crippen LogP) is 1.51. The number of benzene rings is 1. The highest BCUT2D eigenvalue weighted by Gasteiger charge is 2.07. The fourth-order valence-electron chi connectivity index (χ4n) is 1.14. The molecule has 0 aliphatic rings. The zero-order valence-corrected chi connectivity index (χ0v) is 10.5. The lowest BCUT2D eigenvalue weighted by Gasteiger charge is -2.20. The Hall–Kier alpha value is -0.880. The van der Waals surface area contributed by atoms with Crippen molar-refractivity contribution in [3.8, 4) is 0 Å². The molecule has 0 aromatic heterocycles. The zero-order valence-electron chi connectivity index (χ0n) is 8.90. The first-order valence-electron chi connectivity index (χ1n) is 4.75. The summed E-state index contributed by atoms with van der Waals surface area (Å²) in [5.41, 5.74) is 1.72. The Labute approximate surface area is 105 Å². The van der Waals surface area contributed by atoms with Crippen molar-refractivity contribution in [2.45, 2.75) is 6.92 Å². The minimum atomic E-state index is -0.0488. The molecule has 0 fully saturated rings. The van der Waals surface area contributed by atoms with Crippen LogP contribution < -0.4 is 11.2 Å². The quantitative estimate of drug-likeness (QED) is 0.436. The van der Waals surface area contributed by atoms with Crippen molar-refractivity contribution in [1.82, 2.24) is 5.01 Å². The molecule has 0 bridgehead atoms. The zero-order chi connectivity index (χ0) is 12.1. The number of nitrogens with two attached hydrogens (primary N) is 1. The highest BCUT2D eigenvalue weighted by atomic mass is 35.5. The molecule has 0 unspecified atom stereocenters. The van der Waals surface area contributed by atoms with Crippen molar-refractivity contribution in [1.29, 1.82) is 0 Å². The number of nitrogens with one attached hydrogen (secondary N) is 1. The summed E-state index contributed by atoms with van der Waals surface area (Å²) < 4.78 is 0. The number of thiocarbonyl (C=S) groups is 1. The van der Waals surface area contributed by atoms with E-state index in [1.165, 1.54) is 5.01 Å². The molecule has 1 rings (SSSR count). The summed E-state index contributed by atoms with van der Waals surface area (Å²) in [5, 5.41) is 14.0. The summed E-state index contributed by atoms with van der Waals surface area (Å²) in [6.45, 7) is 2.12. The molecule has 6 heteroatoms. The molecule has 0 radical (unpaired) electrons. The van der Waals surface area contributed by atoms with Crippen molar-refractivity contribution in [2.24, 2.45) is 5.84 Å². The highest BCUT2D eigenvalue weighted by molar-refractivity contribution is 7.80. The van der Waals surface area contributed by atoms with Gasteiger partial charge in [0.1, 0.15) is 0 Å². The van der Waals surface area contributed by atoms with Crippen LogP contribution in [0.4, 0.5) is 5.69 Å². The van der Waals surface area contributed by atoms with Gasteiger partial charge in [-0.25, -0.2) is 5.84 Å². The topological polar surface area (TPSA) is 61.5 Å². The molecule has 4 N–H and O–H groups in total. The number of hydrazine groups is 1. The van der Waals surface area contributed by atoms with Gasteiger partial charge in [0, 0.05) is 10.7 Å². The lowest BCUT2D eigenvalue weighted by Crippen LogP contribution is -2.42. The minimum absolute atomic E-state index is 0.0488. The lowest BCUT2D eigenvalue weighted by atomic mass is 10.2. The molecule has 0 aliphatic carbocycles. The molecule has 0 saturated heterocycles. The van der Waals surface area contributed by atoms with Crippen molar-refractivity contribution in [3.63, 3.8) is 0 Å². The number of aliphatic hydroxyl groups is 1. The molecular formula is C10H14ClN3OS. The summed E-state index contributed by atoms with van der Waals surface area (Å²) in [4.78, 5) is 0. The van der Waals surface area contributed by atoms with Crippen LogP contribution in [-0.2, 0) is 0 Å². The number of anilines is 1. The molecule has 0 aliphatic heterocycles. The third-order valence-corrected chi connectivity index (χ3v) is 2.86. The second-order valence-electron chi connectivity index (χ2n) is 3.26. The smallest absolute Gasteiger partial charge is 0.187 e. The van der Waals surface area contributed by atoms with E-state index in [-0.39, 0.29) is 13.2 Å². The van der Waals surface area contributed by atoms with Gasteiger partial charge < -0.3 is 10.4 Å². The highest BCUT2D eigenvalue weighted by Crippen LogP contribution is 2.22. The van der Waals surface area contributed by atoms with Crippen LogP contribution in [0.15, 0.2) is 18.2 Å². The van der Waals surface area contributed by atoms with Crippen LogP contribution in [0.2, 0.25) is 5.02 Å². The van der Waals surface area contributed by atoms with Crippen LogP contribution in [0.1, 0.15) is 5.56 Å². The molecule has 0 saturated carbocycles. The van der Waals surface area contributed by atoms with Crippen molar-refractivity contribution >= 4 is 34.6 Å². The van der Waals surface area contributed by atoms with Gasteiger partial charge in [-0.2, -0.15) is 0 Å². The summed E-state index contributed by atoms with van der Waals surface area (Å²) in [7, 11) is 0. The Bertz CT molecular complexity index is 386. The van der Waals surface area contributed by atoms with E-state index in [1.54, 1.807) is 6.07 Å². The Morgan fingerprint density at radius 2 is 2.31 bits per heavy atom.